The smallest absolute Gasteiger partial charge is 0.310 e. The number of guanidine groups is 1. The van der Waals surface area contributed by atoms with Crippen LogP contribution in [0, 0.1) is 11.7 Å². The highest BCUT2D eigenvalue weighted by Gasteiger charge is 2.28. The molecule has 1 aliphatic rings. The Morgan fingerprint density at radius 1 is 1.40 bits per heavy atom. The molecule has 1 atom stereocenters. The van der Waals surface area contributed by atoms with E-state index in [1.807, 2.05) is 19.9 Å². The number of hydrogen-bond donors (Lipinski definition) is 1. The fourth-order valence-electron chi connectivity index (χ4n) is 3.03. The lowest BCUT2D eigenvalue weighted by Gasteiger charge is -2.34. The second-order valence-corrected chi connectivity index (χ2v) is 6.11. The van der Waals surface area contributed by atoms with Crippen molar-refractivity contribution >= 4 is 11.9 Å². The minimum absolute atomic E-state index is 0.107. The van der Waals surface area contributed by atoms with Crippen LogP contribution in [0.3, 0.4) is 0 Å². The Hall–Kier alpha value is -2.11. The van der Waals surface area contributed by atoms with Crippen LogP contribution in [-0.4, -0.2) is 49.6 Å². The number of hydrogen-bond acceptors (Lipinski definition) is 3. The number of aliphatic imine (C=N–C) groups is 1. The predicted octanol–water partition coefficient (Wildman–Crippen LogP) is 2.61. The van der Waals surface area contributed by atoms with Crippen molar-refractivity contribution in [2.24, 2.45) is 10.9 Å². The minimum atomic E-state index is -0.192. The summed E-state index contributed by atoms with van der Waals surface area (Å²) in [5.74, 6) is 0.356. The summed E-state index contributed by atoms with van der Waals surface area (Å²) in [6.07, 6.45) is 2.34. The molecule has 1 aromatic rings. The van der Waals surface area contributed by atoms with Gasteiger partial charge in [0.15, 0.2) is 5.96 Å². The van der Waals surface area contributed by atoms with Crippen LogP contribution < -0.4 is 5.32 Å². The van der Waals surface area contributed by atoms with Crippen LogP contribution in [0.4, 0.5) is 4.39 Å². The van der Waals surface area contributed by atoms with E-state index in [2.05, 4.69) is 15.2 Å². The van der Waals surface area contributed by atoms with E-state index in [1.165, 1.54) is 6.07 Å². The van der Waals surface area contributed by atoms with Crippen molar-refractivity contribution in [3.8, 4) is 0 Å². The average molecular weight is 349 g/mol. The minimum Gasteiger partial charge on any atom is -0.466 e. The van der Waals surface area contributed by atoms with Gasteiger partial charge in [-0.05, 0) is 44.7 Å². The van der Waals surface area contributed by atoms with Gasteiger partial charge in [0.05, 0.1) is 12.5 Å². The molecule has 0 saturated carbocycles. The lowest BCUT2D eigenvalue weighted by atomic mass is 9.98. The number of nitrogens with one attached hydrogen (secondary N) is 1. The Bertz CT molecular complexity index is 592. The molecule has 0 bridgehead atoms. The van der Waals surface area contributed by atoms with Gasteiger partial charge in [0.1, 0.15) is 5.82 Å². The summed E-state index contributed by atoms with van der Waals surface area (Å²) in [6.45, 7) is 6.98. The lowest BCUT2D eigenvalue weighted by Crippen LogP contribution is -2.48. The van der Waals surface area contributed by atoms with E-state index in [9.17, 15) is 9.18 Å². The van der Waals surface area contributed by atoms with Gasteiger partial charge in [0, 0.05) is 26.2 Å². The summed E-state index contributed by atoms with van der Waals surface area (Å²) < 4.78 is 18.9. The van der Waals surface area contributed by atoms with Gasteiger partial charge >= 0.3 is 5.97 Å². The van der Waals surface area contributed by atoms with Crippen molar-refractivity contribution < 1.29 is 13.9 Å². The summed E-state index contributed by atoms with van der Waals surface area (Å²) >= 11 is 0. The molecule has 5 nitrogen and oxygen atoms in total. The van der Waals surface area contributed by atoms with Crippen molar-refractivity contribution in [1.29, 1.82) is 0 Å². The highest BCUT2D eigenvalue weighted by Crippen LogP contribution is 2.18. The number of rotatable bonds is 6. The zero-order valence-corrected chi connectivity index (χ0v) is 15.1. The first-order valence-corrected chi connectivity index (χ1v) is 9.09. The van der Waals surface area contributed by atoms with Crippen LogP contribution in [0.5, 0.6) is 0 Å². The molecule has 138 valence electrons. The van der Waals surface area contributed by atoms with Gasteiger partial charge in [0.2, 0.25) is 0 Å². The van der Waals surface area contributed by atoms with Crippen LogP contribution >= 0.6 is 0 Å². The molecular formula is C19H28FN3O2. The van der Waals surface area contributed by atoms with Crippen molar-refractivity contribution in [3.05, 3.63) is 35.6 Å². The Morgan fingerprint density at radius 2 is 2.20 bits per heavy atom. The van der Waals surface area contributed by atoms with Crippen molar-refractivity contribution in [2.45, 2.75) is 33.1 Å². The third-order valence-electron chi connectivity index (χ3n) is 4.28. The molecule has 0 spiro atoms. The first kappa shape index (κ1) is 19.2. The second kappa shape index (κ2) is 10.0. The van der Waals surface area contributed by atoms with E-state index in [0.29, 0.717) is 31.7 Å². The zero-order chi connectivity index (χ0) is 18.1. The van der Waals surface area contributed by atoms with Gasteiger partial charge in [-0.1, -0.05) is 18.2 Å². The molecule has 1 heterocycles. The standard InChI is InChI=1S/C19H28FN3O2/c1-3-21-19(22-12-11-15-8-5-6-10-17(15)20)23-13-7-9-16(14-23)18(24)25-4-2/h5-6,8,10,16H,3-4,7,9,11-14H2,1-2H3,(H,21,22). The average Bonchev–Trinajstić information content (AvgIpc) is 2.63. The van der Waals surface area contributed by atoms with Gasteiger partial charge in [-0.2, -0.15) is 0 Å². The fraction of sp³-hybridized carbons (Fsp3) is 0.579. The number of esters is 1. The summed E-state index contributed by atoms with van der Waals surface area (Å²) in [5.41, 5.74) is 0.671. The number of carbonyl (C=O) groups is 1. The van der Waals surface area contributed by atoms with E-state index in [1.54, 1.807) is 12.1 Å². The van der Waals surface area contributed by atoms with Crippen LogP contribution in [-0.2, 0) is 16.0 Å². The summed E-state index contributed by atoms with van der Waals surface area (Å²) in [4.78, 5) is 18.7. The van der Waals surface area contributed by atoms with E-state index < -0.39 is 0 Å². The molecule has 1 fully saturated rings. The van der Waals surface area contributed by atoms with Crippen LogP contribution in [0.2, 0.25) is 0 Å². The molecule has 1 aromatic carbocycles. The summed E-state index contributed by atoms with van der Waals surface area (Å²) in [5, 5.41) is 3.27. The number of ether oxygens (including phenoxy) is 1. The maximum Gasteiger partial charge on any atom is 0.310 e. The Kier molecular flexibility index (Phi) is 7.70. The molecule has 0 aromatic heterocycles. The van der Waals surface area contributed by atoms with Gasteiger partial charge in [-0.3, -0.25) is 9.79 Å². The molecule has 1 unspecified atom stereocenters. The number of piperidine rings is 1. The van der Waals surface area contributed by atoms with E-state index in [-0.39, 0.29) is 17.7 Å². The van der Waals surface area contributed by atoms with Gasteiger partial charge in [-0.15, -0.1) is 0 Å². The normalized spacial score (nSPS) is 18.1. The quantitative estimate of drug-likeness (QED) is 0.487. The summed E-state index contributed by atoms with van der Waals surface area (Å²) in [7, 11) is 0. The lowest BCUT2D eigenvalue weighted by molar-refractivity contribution is -0.149. The largest absolute Gasteiger partial charge is 0.466 e. The second-order valence-electron chi connectivity index (χ2n) is 6.11. The van der Waals surface area contributed by atoms with E-state index in [4.69, 9.17) is 4.74 Å². The highest BCUT2D eigenvalue weighted by atomic mass is 19.1. The molecule has 1 aliphatic heterocycles. The molecule has 0 amide bonds. The number of halogens is 1. The van der Waals surface area contributed by atoms with Crippen molar-refractivity contribution in [2.75, 3.05) is 32.8 Å². The van der Waals surface area contributed by atoms with Crippen LogP contribution in [0.1, 0.15) is 32.3 Å². The monoisotopic (exact) mass is 349 g/mol. The SMILES string of the molecule is CCNC(=NCCc1ccccc1F)N1CCCC(C(=O)OCC)C1. The maximum atomic E-state index is 13.7. The van der Waals surface area contributed by atoms with Gasteiger partial charge in [0.25, 0.3) is 0 Å². The summed E-state index contributed by atoms with van der Waals surface area (Å²) in [6, 6.07) is 6.78. The number of nitrogens with zero attached hydrogens (tertiary/aromatic N) is 2. The van der Waals surface area contributed by atoms with E-state index >= 15 is 0 Å². The van der Waals surface area contributed by atoms with E-state index in [0.717, 1.165) is 31.9 Å². The van der Waals surface area contributed by atoms with Crippen molar-refractivity contribution in [1.82, 2.24) is 10.2 Å². The number of likely N-dealkylation sites (tertiary alicyclic amines) is 1. The zero-order valence-electron chi connectivity index (χ0n) is 15.1. The molecule has 25 heavy (non-hydrogen) atoms. The first-order valence-electron chi connectivity index (χ1n) is 9.09. The molecule has 2 rings (SSSR count). The first-order chi connectivity index (χ1) is 12.2. The van der Waals surface area contributed by atoms with Gasteiger partial charge in [-0.25, -0.2) is 4.39 Å². The number of carbonyl (C=O) groups excluding carboxylic acids is 1. The molecule has 1 saturated heterocycles. The van der Waals surface area contributed by atoms with Gasteiger partial charge < -0.3 is 15.0 Å². The molecule has 0 radical (unpaired) electrons. The predicted molar refractivity (Wildman–Crippen MR) is 97.0 cm³/mol. The molecule has 6 heteroatoms. The van der Waals surface area contributed by atoms with Crippen LogP contribution in [0.25, 0.3) is 0 Å². The van der Waals surface area contributed by atoms with Crippen LogP contribution in [0.15, 0.2) is 29.3 Å². The maximum absolute atomic E-state index is 13.7. The third kappa shape index (κ3) is 5.73. The number of benzene rings is 1. The Balaban J connectivity index is 1.98. The Morgan fingerprint density at radius 3 is 2.92 bits per heavy atom. The Labute approximate surface area is 149 Å². The molecular weight excluding hydrogens is 321 g/mol. The fourth-order valence-corrected chi connectivity index (χ4v) is 3.03. The molecule has 0 aliphatic carbocycles. The third-order valence-corrected chi connectivity index (χ3v) is 4.28. The molecule has 1 N–H and O–H groups in total. The van der Waals surface area contributed by atoms with Crippen molar-refractivity contribution in [3.63, 3.8) is 0 Å². The highest BCUT2D eigenvalue weighted by molar-refractivity contribution is 5.81. The topological polar surface area (TPSA) is 53.9 Å².